The van der Waals surface area contributed by atoms with Crippen LogP contribution in [0.3, 0.4) is 0 Å². The second-order valence-electron chi connectivity index (χ2n) is 6.51. The normalized spacial score (nSPS) is 14.9. The van der Waals surface area contributed by atoms with E-state index in [2.05, 4.69) is 0 Å². The van der Waals surface area contributed by atoms with Crippen LogP contribution in [0.15, 0.2) is 42.5 Å². The zero-order valence-electron chi connectivity index (χ0n) is 15.9. The molecule has 1 aliphatic heterocycles. The first-order chi connectivity index (χ1) is 14.0. The molecule has 0 N–H and O–H groups in total. The van der Waals surface area contributed by atoms with Crippen molar-refractivity contribution in [1.29, 1.82) is 0 Å². The number of para-hydroxylation sites is 1. The van der Waals surface area contributed by atoms with Crippen molar-refractivity contribution in [3.05, 3.63) is 63.6 Å². The highest BCUT2D eigenvalue weighted by molar-refractivity contribution is 6.35. The average Bonchev–Trinajstić information content (AvgIpc) is 2.73. The number of rotatable bonds is 6. The molecular weight excluding hydrogens is 417 g/mol. The Morgan fingerprint density at radius 3 is 2.59 bits per heavy atom. The minimum absolute atomic E-state index is 0.155. The first-order valence-corrected chi connectivity index (χ1v) is 9.94. The van der Waals surface area contributed by atoms with Crippen molar-refractivity contribution in [1.82, 2.24) is 4.90 Å². The number of nitrogens with zero attached hydrogens (tertiary/aromatic N) is 1. The molecular formula is C21H21Cl2NO5. The number of hydrogen-bond acceptors (Lipinski definition) is 5. The summed E-state index contributed by atoms with van der Waals surface area (Å²) in [5, 5.41) is 1.00. The summed E-state index contributed by atoms with van der Waals surface area (Å²) in [5.41, 5.74) is 0.967. The number of hydrogen-bond donors (Lipinski definition) is 0. The van der Waals surface area contributed by atoms with Gasteiger partial charge in [0.25, 0.3) is 5.91 Å². The molecule has 8 heteroatoms. The van der Waals surface area contributed by atoms with E-state index in [1.807, 2.05) is 0 Å². The van der Waals surface area contributed by atoms with Gasteiger partial charge in [0, 0.05) is 28.7 Å². The highest BCUT2D eigenvalue weighted by Crippen LogP contribution is 2.25. The van der Waals surface area contributed by atoms with Gasteiger partial charge in [-0.2, -0.15) is 0 Å². The van der Waals surface area contributed by atoms with Gasteiger partial charge in [0.05, 0.1) is 13.2 Å². The van der Waals surface area contributed by atoms with Crippen LogP contribution in [0.1, 0.15) is 22.8 Å². The third kappa shape index (κ3) is 5.63. The van der Waals surface area contributed by atoms with Crippen LogP contribution >= 0.6 is 23.2 Å². The highest BCUT2D eigenvalue weighted by atomic mass is 35.5. The second-order valence-corrected chi connectivity index (χ2v) is 7.35. The summed E-state index contributed by atoms with van der Waals surface area (Å²) >= 11 is 12.1. The van der Waals surface area contributed by atoms with Gasteiger partial charge in [-0.05, 0) is 31.2 Å². The van der Waals surface area contributed by atoms with Gasteiger partial charge in [-0.15, -0.1) is 0 Å². The maximum Gasteiger partial charge on any atom is 0.342 e. The van der Waals surface area contributed by atoms with Crippen LogP contribution in [0, 0.1) is 0 Å². The van der Waals surface area contributed by atoms with Crippen molar-refractivity contribution in [3.63, 3.8) is 0 Å². The lowest BCUT2D eigenvalue weighted by molar-refractivity contribution is -0.143. The second kappa shape index (κ2) is 9.96. The first kappa shape index (κ1) is 21.4. The van der Waals surface area contributed by atoms with E-state index in [1.165, 1.54) is 0 Å². The van der Waals surface area contributed by atoms with E-state index >= 15 is 0 Å². The third-order valence-electron chi connectivity index (χ3n) is 4.46. The Hall–Kier alpha value is -2.28. The quantitative estimate of drug-likeness (QED) is 0.639. The zero-order chi connectivity index (χ0) is 20.8. The molecule has 1 unspecified atom stereocenters. The van der Waals surface area contributed by atoms with Gasteiger partial charge in [0.15, 0.2) is 6.10 Å². The van der Waals surface area contributed by atoms with Gasteiger partial charge >= 0.3 is 5.97 Å². The highest BCUT2D eigenvalue weighted by Gasteiger charge is 2.26. The Bertz CT molecular complexity index is 883. The van der Waals surface area contributed by atoms with Crippen LogP contribution in [-0.4, -0.2) is 49.2 Å². The Kier molecular flexibility index (Phi) is 7.36. The molecule has 154 valence electrons. The van der Waals surface area contributed by atoms with E-state index in [4.69, 9.17) is 37.4 Å². The van der Waals surface area contributed by atoms with Crippen LogP contribution in [0.2, 0.25) is 10.0 Å². The predicted molar refractivity (Wildman–Crippen MR) is 110 cm³/mol. The van der Waals surface area contributed by atoms with Gasteiger partial charge in [0.2, 0.25) is 0 Å². The Morgan fingerprint density at radius 1 is 1.14 bits per heavy atom. The number of ether oxygens (including phenoxy) is 3. The van der Waals surface area contributed by atoms with Gasteiger partial charge in [-0.3, -0.25) is 4.79 Å². The number of carbonyl (C=O) groups excluding carboxylic acids is 2. The molecule has 1 heterocycles. The Balaban J connectivity index is 1.65. The van der Waals surface area contributed by atoms with Crippen molar-refractivity contribution in [3.8, 4) is 5.75 Å². The summed E-state index contributed by atoms with van der Waals surface area (Å²) in [7, 11) is 0. The molecule has 1 amide bonds. The fraction of sp³-hybridized carbons (Fsp3) is 0.333. The van der Waals surface area contributed by atoms with Gasteiger partial charge in [-0.1, -0.05) is 41.4 Å². The summed E-state index contributed by atoms with van der Waals surface area (Å²) in [4.78, 5) is 26.7. The SMILES string of the molecule is CC(OC(=O)c1ccccc1OCc1ccc(Cl)cc1Cl)C(=O)N1CCOCC1. The summed E-state index contributed by atoms with van der Waals surface area (Å²) in [6.45, 7) is 3.66. The monoisotopic (exact) mass is 437 g/mol. The maximum absolute atomic E-state index is 12.6. The summed E-state index contributed by atoms with van der Waals surface area (Å²) in [6, 6.07) is 11.8. The predicted octanol–water partition coefficient (Wildman–Crippen LogP) is 3.98. The molecule has 1 aliphatic rings. The largest absolute Gasteiger partial charge is 0.488 e. The van der Waals surface area contributed by atoms with Gasteiger partial charge in [-0.25, -0.2) is 4.79 Å². The van der Waals surface area contributed by atoms with E-state index in [-0.39, 0.29) is 18.1 Å². The number of halogens is 2. The van der Waals surface area contributed by atoms with Gasteiger partial charge in [0.1, 0.15) is 17.9 Å². The molecule has 0 bridgehead atoms. The Morgan fingerprint density at radius 2 is 1.86 bits per heavy atom. The van der Waals surface area contributed by atoms with Crippen molar-refractivity contribution in [2.75, 3.05) is 26.3 Å². The average molecular weight is 438 g/mol. The smallest absolute Gasteiger partial charge is 0.342 e. The standard InChI is InChI=1S/C21H21Cl2NO5/c1-14(20(25)24-8-10-27-11-9-24)29-21(26)17-4-2-3-5-19(17)28-13-15-6-7-16(22)12-18(15)23/h2-7,12,14H,8-11,13H2,1H3. The third-order valence-corrected chi connectivity index (χ3v) is 5.05. The lowest BCUT2D eigenvalue weighted by atomic mass is 10.2. The fourth-order valence-electron chi connectivity index (χ4n) is 2.87. The van der Waals surface area contributed by atoms with Crippen molar-refractivity contribution >= 4 is 35.1 Å². The Labute approximate surface area is 179 Å². The van der Waals surface area contributed by atoms with E-state index in [0.29, 0.717) is 42.1 Å². The summed E-state index contributed by atoms with van der Waals surface area (Å²) in [5.74, 6) is -0.528. The summed E-state index contributed by atoms with van der Waals surface area (Å²) in [6.07, 6.45) is -0.903. The van der Waals surface area contributed by atoms with Crippen molar-refractivity contribution < 1.29 is 23.8 Å². The molecule has 0 saturated carbocycles. The van der Waals surface area contributed by atoms with Crippen LogP contribution in [-0.2, 0) is 20.9 Å². The number of benzene rings is 2. The molecule has 0 radical (unpaired) electrons. The lowest BCUT2D eigenvalue weighted by Crippen LogP contribution is -2.46. The van der Waals surface area contributed by atoms with Crippen molar-refractivity contribution in [2.24, 2.45) is 0 Å². The van der Waals surface area contributed by atoms with E-state index in [9.17, 15) is 9.59 Å². The van der Waals surface area contributed by atoms with Crippen LogP contribution in [0.4, 0.5) is 0 Å². The maximum atomic E-state index is 12.6. The molecule has 1 atom stereocenters. The molecule has 0 aliphatic carbocycles. The molecule has 29 heavy (non-hydrogen) atoms. The number of amides is 1. The molecule has 0 aromatic heterocycles. The van der Waals surface area contributed by atoms with Crippen LogP contribution in [0.25, 0.3) is 0 Å². The molecule has 2 aromatic carbocycles. The zero-order valence-corrected chi connectivity index (χ0v) is 17.4. The topological polar surface area (TPSA) is 65.1 Å². The minimum atomic E-state index is -0.903. The molecule has 3 rings (SSSR count). The molecule has 1 saturated heterocycles. The number of esters is 1. The minimum Gasteiger partial charge on any atom is -0.488 e. The lowest BCUT2D eigenvalue weighted by Gasteiger charge is -2.29. The number of carbonyl (C=O) groups is 2. The molecule has 2 aromatic rings. The fourth-order valence-corrected chi connectivity index (χ4v) is 3.33. The van der Waals surface area contributed by atoms with E-state index < -0.39 is 12.1 Å². The molecule has 6 nitrogen and oxygen atoms in total. The van der Waals surface area contributed by atoms with Crippen LogP contribution in [0.5, 0.6) is 5.75 Å². The van der Waals surface area contributed by atoms with E-state index in [1.54, 1.807) is 54.3 Å². The van der Waals surface area contributed by atoms with E-state index in [0.717, 1.165) is 5.56 Å². The van der Waals surface area contributed by atoms with Crippen molar-refractivity contribution in [2.45, 2.75) is 19.6 Å². The molecule has 1 fully saturated rings. The molecule has 0 spiro atoms. The van der Waals surface area contributed by atoms with Gasteiger partial charge < -0.3 is 19.1 Å². The number of morpholine rings is 1. The van der Waals surface area contributed by atoms with Crippen LogP contribution < -0.4 is 4.74 Å². The first-order valence-electron chi connectivity index (χ1n) is 9.19. The summed E-state index contributed by atoms with van der Waals surface area (Å²) < 4.78 is 16.4.